The van der Waals surface area contributed by atoms with E-state index in [-0.39, 0.29) is 48.6 Å². The molecule has 9 nitrogen and oxygen atoms in total. The van der Waals surface area contributed by atoms with Gasteiger partial charge >= 0.3 is 0 Å². The van der Waals surface area contributed by atoms with Crippen LogP contribution in [0.1, 0.15) is 33.6 Å². The molecule has 2 aromatic carbocycles. The van der Waals surface area contributed by atoms with Crippen molar-refractivity contribution >= 4 is 40.9 Å². The lowest BCUT2D eigenvalue weighted by molar-refractivity contribution is -0.142. The highest BCUT2D eigenvalue weighted by molar-refractivity contribution is 8.02. The lowest BCUT2D eigenvalue weighted by Crippen LogP contribution is -2.58. The Kier molecular flexibility index (Phi) is 10.2. The molecule has 2 unspecified atom stereocenters. The Bertz CT molecular complexity index is 1450. The lowest BCUT2D eigenvalue weighted by atomic mass is 9.70. The monoisotopic (exact) mass is 647 g/mol. The number of anilines is 2. The standard InChI is InChI=1S/C36H45N3O6S/c1-7-20-37(24-12-16-27(17-13-24)45-9-3)33(41)30-29-18-19-36(46-29)31(30)34(42)39(28(22-40)23(4)5)32(36)35(43)38(21-8-2)25-10-14-26(44-6)15-11-25/h7-8,10-17,23,28-32,40H,1-2,9,18-22H2,3-6H3/t28-,29-,30+,31-,32?,36?/m0/s1. The molecule has 0 saturated carbocycles. The first-order valence-corrected chi connectivity index (χ1v) is 16.9. The number of thioether (sulfide) groups is 1. The summed E-state index contributed by atoms with van der Waals surface area (Å²) in [7, 11) is 1.58. The average molecular weight is 648 g/mol. The number of rotatable bonds is 14. The van der Waals surface area contributed by atoms with Crippen LogP contribution >= 0.6 is 11.8 Å². The number of benzene rings is 2. The molecule has 3 aliphatic rings. The second-order valence-electron chi connectivity index (χ2n) is 12.4. The number of hydrogen-bond donors (Lipinski definition) is 1. The van der Waals surface area contributed by atoms with Crippen molar-refractivity contribution in [1.29, 1.82) is 0 Å². The number of aliphatic hydroxyl groups excluding tert-OH is 1. The van der Waals surface area contributed by atoms with Gasteiger partial charge in [0.25, 0.3) is 5.91 Å². The number of nitrogens with zero attached hydrogens (tertiary/aromatic N) is 3. The number of likely N-dealkylation sites (tertiary alicyclic amines) is 1. The van der Waals surface area contributed by atoms with Crippen molar-refractivity contribution in [2.45, 2.75) is 55.7 Å². The minimum atomic E-state index is -0.863. The molecule has 3 aliphatic heterocycles. The smallest absolute Gasteiger partial charge is 0.251 e. The van der Waals surface area contributed by atoms with Crippen LogP contribution in [-0.2, 0) is 14.4 Å². The third kappa shape index (κ3) is 5.70. The lowest BCUT2D eigenvalue weighted by Gasteiger charge is -2.40. The molecule has 3 saturated heterocycles. The Labute approximate surface area is 276 Å². The van der Waals surface area contributed by atoms with E-state index in [1.807, 2.05) is 57.2 Å². The zero-order valence-corrected chi connectivity index (χ0v) is 27.9. The highest BCUT2D eigenvalue weighted by Crippen LogP contribution is 2.67. The zero-order valence-electron chi connectivity index (χ0n) is 27.1. The Morgan fingerprint density at radius 1 is 1.02 bits per heavy atom. The van der Waals surface area contributed by atoms with E-state index in [0.717, 1.165) is 0 Å². The van der Waals surface area contributed by atoms with Crippen LogP contribution in [-0.4, -0.2) is 83.2 Å². The first-order chi connectivity index (χ1) is 22.2. The van der Waals surface area contributed by atoms with Gasteiger partial charge in [-0.3, -0.25) is 14.4 Å². The molecule has 5 rings (SSSR count). The van der Waals surface area contributed by atoms with Crippen LogP contribution in [0, 0.1) is 17.8 Å². The summed E-state index contributed by atoms with van der Waals surface area (Å²) in [4.78, 5) is 49.1. The van der Waals surface area contributed by atoms with Crippen molar-refractivity contribution < 1.29 is 29.0 Å². The van der Waals surface area contributed by atoms with Gasteiger partial charge in [-0.05, 0) is 74.2 Å². The van der Waals surface area contributed by atoms with Crippen molar-refractivity contribution in [3.63, 3.8) is 0 Å². The topological polar surface area (TPSA) is 99.6 Å². The third-order valence-corrected chi connectivity index (χ3v) is 11.5. The quantitative estimate of drug-likeness (QED) is 0.290. The predicted molar refractivity (Wildman–Crippen MR) is 182 cm³/mol. The maximum absolute atomic E-state index is 14.9. The van der Waals surface area contributed by atoms with Gasteiger partial charge < -0.3 is 29.3 Å². The molecular weight excluding hydrogens is 602 g/mol. The van der Waals surface area contributed by atoms with E-state index >= 15 is 0 Å². The number of amides is 3. The van der Waals surface area contributed by atoms with Crippen molar-refractivity contribution in [3.05, 3.63) is 73.8 Å². The van der Waals surface area contributed by atoms with Crippen molar-refractivity contribution in [3.8, 4) is 11.5 Å². The van der Waals surface area contributed by atoms with Gasteiger partial charge in [-0.15, -0.1) is 24.9 Å². The van der Waals surface area contributed by atoms with Gasteiger partial charge in [0.15, 0.2) is 0 Å². The molecule has 10 heteroatoms. The molecule has 3 heterocycles. The van der Waals surface area contributed by atoms with Crippen LogP contribution in [0.15, 0.2) is 73.8 Å². The second-order valence-corrected chi connectivity index (χ2v) is 14.0. The molecule has 0 radical (unpaired) electrons. The number of aliphatic hydroxyl groups is 1. The van der Waals surface area contributed by atoms with E-state index in [0.29, 0.717) is 42.3 Å². The molecule has 1 N–H and O–H groups in total. The maximum Gasteiger partial charge on any atom is 0.251 e. The third-order valence-electron chi connectivity index (χ3n) is 9.57. The Morgan fingerprint density at radius 2 is 1.59 bits per heavy atom. The summed E-state index contributed by atoms with van der Waals surface area (Å²) in [6, 6.07) is 13.1. The molecule has 3 amide bonds. The zero-order chi connectivity index (χ0) is 33.2. The number of hydrogen-bond acceptors (Lipinski definition) is 7. The van der Waals surface area contributed by atoms with E-state index in [2.05, 4.69) is 13.2 Å². The minimum Gasteiger partial charge on any atom is -0.497 e. The molecule has 246 valence electrons. The van der Waals surface area contributed by atoms with Gasteiger partial charge in [0, 0.05) is 29.7 Å². The van der Waals surface area contributed by atoms with Gasteiger partial charge in [0.1, 0.15) is 17.5 Å². The summed E-state index contributed by atoms with van der Waals surface area (Å²) in [6.45, 7) is 14.3. The van der Waals surface area contributed by atoms with Crippen LogP contribution in [0.2, 0.25) is 0 Å². The summed E-state index contributed by atoms with van der Waals surface area (Å²) in [5.41, 5.74) is 1.35. The first kappa shape index (κ1) is 33.6. The number of ether oxygens (including phenoxy) is 2. The maximum atomic E-state index is 14.9. The summed E-state index contributed by atoms with van der Waals surface area (Å²) in [5.74, 6) is -0.717. The van der Waals surface area contributed by atoms with Crippen LogP contribution in [0.4, 0.5) is 11.4 Å². The number of fused-ring (bicyclic) bond motifs is 1. The van der Waals surface area contributed by atoms with Crippen LogP contribution in [0.25, 0.3) is 0 Å². The van der Waals surface area contributed by atoms with Gasteiger partial charge in [0.2, 0.25) is 11.8 Å². The van der Waals surface area contributed by atoms with Gasteiger partial charge in [-0.1, -0.05) is 26.0 Å². The van der Waals surface area contributed by atoms with Crippen LogP contribution in [0.3, 0.4) is 0 Å². The predicted octanol–water partition coefficient (Wildman–Crippen LogP) is 4.94. The van der Waals surface area contributed by atoms with Gasteiger partial charge in [-0.2, -0.15) is 0 Å². The highest BCUT2D eigenvalue weighted by Gasteiger charge is 2.74. The fourth-order valence-electron chi connectivity index (χ4n) is 7.51. The second kappa shape index (κ2) is 13.9. The molecule has 0 aromatic heterocycles. The van der Waals surface area contributed by atoms with Crippen molar-refractivity contribution in [2.75, 3.05) is 43.2 Å². The molecule has 0 aliphatic carbocycles. The Morgan fingerprint density at radius 3 is 2.09 bits per heavy atom. The molecule has 2 bridgehead atoms. The highest BCUT2D eigenvalue weighted by atomic mass is 32.2. The molecule has 2 aromatic rings. The Balaban J connectivity index is 1.57. The van der Waals surface area contributed by atoms with E-state index in [9.17, 15) is 19.5 Å². The number of carbonyl (C=O) groups excluding carboxylic acids is 3. The SMILES string of the molecule is C=CCN(C(=O)C1N([C@@H](CO)C(C)C)C(=O)[C@@H]2[C@H](C(=O)N(CC=C)c3ccc(OCC)cc3)[C@@H]3CCC12S3)c1ccc(OC)cc1. The van der Waals surface area contributed by atoms with E-state index < -0.39 is 28.7 Å². The van der Waals surface area contributed by atoms with Crippen molar-refractivity contribution in [1.82, 2.24) is 4.90 Å². The summed E-state index contributed by atoms with van der Waals surface area (Å²) in [6.07, 6.45) is 4.69. The fraction of sp³-hybridized carbons (Fsp3) is 0.472. The van der Waals surface area contributed by atoms with Crippen LogP contribution < -0.4 is 19.3 Å². The van der Waals surface area contributed by atoms with Crippen LogP contribution in [0.5, 0.6) is 11.5 Å². The molecular formula is C36H45N3O6S. The molecule has 6 atom stereocenters. The normalized spacial score (nSPS) is 25.3. The van der Waals surface area contributed by atoms with E-state index in [1.165, 1.54) is 0 Å². The van der Waals surface area contributed by atoms with E-state index in [4.69, 9.17) is 9.47 Å². The number of methoxy groups -OCH3 is 1. The largest absolute Gasteiger partial charge is 0.497 e. The summed E-state index contributed by atoms with van der Waals surface area (Å²) >= 11 is 1.62. The van der Waals surface area contributed by atoms with Crippen molar-refractivity contribution in [2.24, 2.45) is 17.8 Å². The van der Waals surface area contributed by atoms with Gasteiger partial charge in [0.05, 0.1) is 42.9 Å². The molecule has 46 heavy (non-hydrogen) atoms. The Hall–Kier alpha value is -3.76. The van der Waals surface area contributed by atoms with E-state index in [1.54, 1.807) is 57.9 Å². The summed E-state index contributed by atoms with van der Waals surface area (Å²) < 4.78 is 10.1. The number of carbonyl (C=O) groups is 3. The minimum absolute atomic E-state index is 0.116. The molecule has 3 fully saturated rings. The molecule has 1 spiro atoms. The average Bonchev–Trinajstić information content (AvgIpc) is 3.70. The summed E-state index contributed by atoms with van der Waals surface area (Å²) in [5, 5.41) is 10.5. The fourth-order valence-corrected chi connectivity index (χ4v) is 9.70. The first-order valence-electron chi connectivity index (χ1n) is 16.0. The van der Waals surface area contributed by atoms with Gasteiger partial charge in [-0.25, -0.2) is 0 Å².